The molecule has 0 fully saturated rings. The summed E-state index contributed by atoms with van der Waals surface area (Å²) >= 11 is 0. The van der Waals surface area contributed by atoms with Gasteiger partial charge in [0, 0.05) is 11.6 Å². The fraction of sp³-hybridized carbons (Fsp3) is 0.238. The molecule has 0 bridgehead atoms. The number of hydrogen-bond donors (Lipinski definition) is 1. The summed E-state index contributed by atoms with van der Waals surface area (Å²) in [4.78, 5) is 24.5. The lowest BCUT2D eigenvalue weighted by molar-refractivity contribution is -0.116. The molecule has 4 heteroatoms. The van der Waals surface area contributed by atoms with Crippen molar-refractivity contribution in [2.75, 3.05) is 12.3 Å². The standard InChI is InChI=1S/C21H21NO3/c1-13-3-9-18(14(2)11-13)20-16(6-10-19(20)23)12-25-21(24)15-4-7-17(22)8-5-15/h3-11,16,20H,12,22H2,1-2H3. The second-order valence-corrected chi connectivity index (χ2v) is 6.48. The molecule has 128 valence electrons. The van der Waals surface area contributed by atoms with Crippen molar-refractivity contribution >= 4 is 17.4 Å². The molecule has 2 aromatic rings. The van der Waals surface area contributed by atoms with Crippen LogP contribution in [0, 0.1) is 19.8 Å². The monoisotopic (exact) mass is 335 g/mol. The third kappa shape index (κ3) is 3.63. The van der Waals surface area contributed by atoms with Crippen LogP contribution in [0.2, 0.25) is 0 Å². The molecule has 4 nitrogen and oxygen atoms in total. The second kappa shape index (κ2) is 6.93. The van der Waals surface area contributed by atoms with E-state index >= 15 is 0 Å². The molecule has 1 aliphatic carbocycles. The normalized spacial score (nSPS) is 19.2. The van der Waals surface area contributed by atoms with E-state index in [0.29, 0.717) is 11.3 Å². The van der Waals surface area contributed by atoms with Crippen molar-refractivity contribution in [3.63, 3.8) is 0 Å². The van der Waals surface area contributed by atoms with Gasteiger partial charge in [-0.1, -0.05) is 29.8 Å². The molecule has 2 atom stereocenters. The lowest BCUT2D eigenvalue weighted by Gasteiger charge is -2.20. The summed E-state index contributed by atoms with van der Waals surface area (Å²) in [6, 6.07) is 12.7. The average Bonchev–Trinajstić information content (AvgIpc) is 2.94. The van der Waals surface area contributed by atoms with E-state index in [9.17, 15) is 9.59 Å². The summed E-state index contributed by atoms with van der Waals surface area (Å²) in [6.07, 6.45) is 3.42. The third-order valence-corrected chi connectivity index (χ3v) is 4.56. The highest BCUT2D eigenvalue weighted by molar-refractivity contribution is 5.98. The van der Waals surface area contributed by atoms with E-state index in [4.69, 9.17) is 10.5 Å². The van der Waals surface area contributed by atoms with Gasteiger partial charge in [-0.3, -0.25) is 4.79 Å². The Labute approximate surface area is 147 Å². The zero-order valence-electron chi connectivity index (χ0n) is 14.4. The van der Waals surface area contributed by atoms with Crippen LogP contribution in [0.15, 0.2) is 54.6 Å². The first kappa shape index (κ1) is 17.0. The summed E-state index contributed by atoms with van der Waals surface area (Å²) < 4.78 is 5.43. The highest BCUT2D eigenvalue weighted by Gasteiger charge is 2.33. The Morgan fingerprint density at radius 1 is 1.12 bits per heavy atom. The van der Waals surface area contributed by atoms with Crippen LogP contribution in [0.5, 0.6) is 0 Å². The molecule has 0 radical (unpaired) electrons. The number of ether oxygens (including phenoxy) is 1. The van der Waals surface area contributed by atoms with Crippen LogP contribution >= 0.6 is 0 Å². The SMILES string of the molecule is Cc1ccc(C2C(=O)C=CC2COC(=O)c2ccc(N)cc2)c(C)c1. The number of carbonyl (C=O) groups excluding carboxylic acids is 2. The Hall–Kier alpha value is -2.88. The number of hydrogen-bond acceptors (Lipinski definition) is 4. The first-order valence-electron chi connectivity index (χ1n) is 8.27. The van der Waals surface area contributed by atoms with E-state index in [2.05, 4.69) is 6.07 Å². The topological polar surface area (TPSA) is 69.4 Å². The minimum Gasteiger partial charge on any atom is -0.461 e. The summed E-state index contributed by atoms with van der Waals surface area (Å²) in [5.74, 6) is -0.793. The number of carbonyl (C=O) groups is 2. The Bertz CT molecular complexity index is 837. The molecular formula is C21H21NO3. The van der Waals surface area contributed by atoms with Crippen LogP contribution in [0.1, 0.15) is 33.0 Å². The molecule has 25 heavy (non-hydrogen) atoms. The predicted molar refractivity (Wildman–Crippen MR) is 97.4 cm³/mol. The number of nitrogen functional groups attached to an aromatic ring is 1. The van der Waals surface area contributed by atoms with Gasteiger partial charge < -0.3 is 10.5 Å². The maximum atomic E-state index is 12.3. The molecule has 2 unspecified atom stereocenters. The molecule has 0 saturated carbocycles. The predicted octanol–water partition coefficient (Wildman–Crippen LogP) is 3.58. The Kier molecular flexibility index (Phi) is 4.70. The summed E-state index contributed by atoms with van der Waals surface area (Å²) in [6.45, 7) is 4.20. The fourth-order valence-corrected chi connectivity index (χ4v) is 3.23. The van der Waals surface area contributed by atoms with E-state index in [0.717, 1.165) is 16.7 Å². The number of aryl methyl sites for hydroxylation is 2. The van der Waals surface area contributed by atoms with E-state index in [1.54, 1.807) is 30.3 Å². The Morgan fingerprint density at radius 3 is 2.52 bits per heavy atom. The summed E-state index contributed by atoms with van der Waals surface area (Å²) in [5.41, 5.74) is 9.90. The smallest absolute Gasteiger partial charge is 0.338 e. The van der Waals surface area contributed by atoms with Crippen molar-refractivity contribution < 1.29 is 14.3 Å². The lowest BCUT2D eigenvalue weighted by Crippen LogP contribution is -2.21. The first-order valence-corrected chi connectivity index (χ1v) is 8.27. The maximum Gasteiger partial charge on any atom is 0.338 e. The first-order chi connectivity index (χ1) is 12.0. The molecule has 0 spiro atoms. The number of esters is 1. The van der Waals surface area contributed by atoms with Crippen molar-refractivity contribution in [1.29, 1.82) is 0 Å². The van der Waals surface area contributed by atoms with E-state index < -0.39 is 5.97 Å². The van der Waals surface area contributed by atoms with Gasteiger partial charge in [-0.2, -0.15) is 0 Å². The van der Waals surface area contributed by atoms with E-state index in [1.807, 2.05) is 32.1 Å². The van der Waals surface area contributed by atoms with Crippen LogP contribution in [-0.2, 0) is 9.53 Å². The van der Waals surface area contributed by atoms with E-state index in [-0.39, 0.29) is 24.2 Å². The van der Waals surface area contributed by atoms with Gasteiger partial charge in [0.25, 0.3) is 0 Å². The molecule has 0 saturated heterocycles. The fourth-order valence-electron chi connectivity index (χ4n) is 3.23. The van der Waals surface area contributed by atoms with Gasteiger partial charge in [0.05, 0.1) is 18.1 Å². The lowest BCUT2D eigenvalue weighted by atomic mass is 9.85. The maximum absolute atomic E-state index is 12.3. The molecular weight excluding hydrogens is 314 g/mol. The molecule has 0 amide bonds. The van der Waals surface area contributed by atoms with Gasteiger partial charge >= 0.3 is 5.97 Å². The number of rotatable bonds is 4. The zero-order valence-corrected chi connectivity index (χ0v) is 14.4. The molecule has 2 aromatic carbocycles. The Morgan fingerprint density at radius 2 is 1.84 bits per heavy atom. The molecule has 0 heterocycles. The minimum absolute atomic E-state index is 0.0560. The second-order valence-electron chi connectivity index (χ2n) is 6.48. The van der Waals surface area contributed by atoms with Crippen molar-refractivity contribution in [3.05, 3.63) is 76.9 Å². The van der Waals surface area contributed by atoms with Crippen molar-refractivity contribution in [2.24, 2.45) is 5.92 Å². The largest absolute Gasteiger partial charge is 0.461 e. The highest BCUT2D eigenvalue weighted by Crippen LogP contribution is 2.34. The van der Waals surface area contributed by atoms with Crippen LogP contribution in [0.25, 0.3) is 0 Å². The van der Waals surface area contributed by atoms with Crippen molar-refractivity contribution in [2.45, 2.75) is 19.8 Å². The number of allylic oxidation sites excluding steroid dienone is 1. The molecule has 0 aromatic heterocycles. The van der Waals surface area contributed by atoms with Crippen LogP contribution < -0.4 is 5.73 Å². The van der Waals surface area contributed by atoms with Crippen LogP contribution in [0.4, 0.5) is 5.69 Å². The van der Waals surface area contributed by atoms with Gasteiger partial charge in [-0.15, -0.1) is 0 Å². The van der Waals surface area contributed by atoms with E-state index in [1.165, 1.54) is 0 Å². The van der Waals surface area contributed by atoms with Crippen LogP contribution in [-0.4, -0.2) is 18.4 Å². The van der Waals surface area contributed by atoms with Crippen molar-refractivity contribution in [1.82, 2.24) is 0 Å². The minimum atomic E-state index is -0.410. The number of nitrogens with two attached hydrogens (primary N) is 1. The number of ketones is 1. The average molecular weight is 335 g/mol. The Balaban J connectivity index is 1.72. The highest BCUT2D eigenvalue weighted by atomic mass is 16.5. The quantitative estimate of drug-likeness (QED) is 0.685. The number of anilines is 1. The molecule has 0 aliphatic heterocycles. The number of benzene rings is 2. The summed E-state index contributed by atoms with van der Waals surface area (Å²) in [5, 5.41) is 0. The molecule has 2 N–H and O–H groups in total. The molecule has 3 rings (SSSR count). The van der Waals surface area contributed by atoms with Gasteiger partial charge in [0.1, 0.15) is 0 Å². The molecule has 1 aliphatic rings. The third-order valence-electron chi connectivity index (χ3n) is 4.56. The van der Waals surface area contributed by atoms with Crippen LogP contribution in [0.3, 0.4) is 0 Å². The van der Waals surface area contributed by atoms with Gasteiger partial charge in [0.2, 0.25) is 0 Å². The zero-order chi connectivity index (χ0) is 18.0. The summed E-state index contributed by atoms with van der Waals surface area (Å²) in [7, 11) is 0. The van der Waals surface area contributed by atoms with Gasteiger partial charge in [-0.25, -0.2) is 4.79 Å². The van der Waals surface area contributed by atoms with Gasteiger partial charge in [-0.05, 0) is 55.3 Å². The van der Waals surface area contributed by atoms with Gasteiger partial charge in [0.15, 0.2) is 5.78 Å². The van der Waals surface area contributed by atoms with Crippen molar-refractivity contribution in [3.8, 4) is 0 Å².